The number of ketones is 1. The van der Waals surface area contributed by atoms with Crippen LogP contribution in [0.4, 0.5) is 0 Å². The van der Waals surface area contributed by atoms with Crippen molar-refractivity contribution in [3.05, 3.63) is 25.9 Å². The number of aryl methyl sites for hydroxylation is 1. The van der Waals surface area contributed by atoms with Gasteiger partial charge in [-0.2, -0.15) is 0 Å². The molecule has 1 aliphatic heterocycles. The standard InChI is InChI=1S/C12H14IN3O3/c1-8-11(13)12(19)16(7-14-8)6-10(18)15-4-2-9(17)3-5-15/h7H,2-6H2,1H3. The summed E-state index contributed by atoms with van der Waals surface area (Å²) in [6.45, 7) is 2.63. The number of Topliss-reactive ketones (excluding diaryl/α,β-unsaturated/α-hetero) is 1. The summed E-state index contributed by atoms with van der Waals surface area (Å²) < 4.78 is 1.84. The first kappa shape index (κ1) is 14.2. The molecule has 0 unspecified atom stereocenters. The monoisotopic (exact) mass is 375 g/mol. The third-order valence-corrected chi connectivity index (χ3v) is 4.38. The molecule has 1 aliphatic rings. The fourth-order valence-electron chi connectivity index (χ4n) is 1.91. The van der Waals surface area contributed by atoms with Gasteiger partial charge >= 0.3 is 0 Å². The van der Waals surface area contributed by atoms with E-state index in [-0.39, 0.29) is 23.8 Å². The molecule has 102 valence electrons. The van der Waals surface area contributed by atoms with Crippen LogP contribution in [0.2, 0.25) is 0 Å². The van der Waals surface area contributed by atoms with E-state index in [1.165, 1.54) is 10.9 Å². The van der Waals surface area contributed by atoms with Crippen LogP contribution in [-0.2, 0) is 16.1 Å². The van der Waals surface area contributed by atoms with Crippen LogP contribution in [0, 0.1) is 10.5 Å². The van der Waals surface area contributed by atoms with Gasteiger partial charge in [0.1, 0.15) is 12.3 Å². The molecule has 0 spiro atoms. The molecular formula is C12H14IN3O3. The van der Waals surface area contributed by atoms with Gasteiger partial charge in [0.15, 0.2) is 0 Å². The second-order valence-corrected chi connectivity index (χ2v) is 5.58. The molecule has 1 saturated heterocycles. The SMILES string of the molecule is Cc1ncn(CC(=O)N2CCC(=O)CC2)c(=O)c1I. The van der Waals surface area contributed by atoms with E-state index in [9.17, 15) is 14.4 Å². The van der Waals surface area contributed by atoms with Crippen LogP contribution in [0.5, 0.6) is 0 Å². The smallest absolute Gasteiger partial charge is 0.267 e. The number of likely N-dealkylation sites (tertiary alicyclic amines) is 1. The van der Waals surface area contributed by atoms with Gasteiger partial charge < -0.3 is 4.90 Å². The number of carbonyl (C=O) groups is 2. The fourth-order valence-corrected chi connectivity index (χ4v) is 2.36. The minimum Gasteiger partial charge on any atom is -0.340 e. The normalized spacial score (nSPS) is 15.7. The average Bonchev–Trinajstić information content (AvgIpc) is 2.40. The largest absolute Gasteiger partial charge is 0.340 e. The Kier molecular flexibility index (Phi) is 4.33. The van der Waals surface area contributed by atoms with Gasteiger partial charge in [0.05, 0.1) is 15.6 Å². The number of amides is 1. The van der Waals surface area contributed by atoms with Crippen LogP contribution in [0.25, 0.3) is 0 Å². The minimum atomic E-state index is -0.200. The fraction of sp³-hybridized carbons (Fsp3) is 0.500. The molecule has 6 nitrogen and oxygen atoms in total. The van der Waals surface area contributed by atoms with Crippen molar-refractivity contribution >= 4 is 34.3 Å². The molecule has 1 aromatic rings. The number of carbonyl (C=O) groups excluding carboxylic acids is 2. The van der Waals surface area contributed by atoms with Gasteiger partial charge in [0.2, 0.25) is 5.91 Å². The van der Waals surface area contributed by atoms with Crippen molar-refractivity contribution in [1.82, 2.24) is 14.5 Å². The number of hydrogen-bond acceptors (Lipinski definition) is 4. The van der Waals surface area contributed by atoms with Crippen molar-refractivity contribution in [2.75, 3.05) is 13.1 Å². The number of nitrogens with zero attached hydrogens (tertiary/aromatic N) is 3. The number of halogens is 1. The molecule has 0 atom stereocenters. The summed E-state index contributed by atoms with van der Waals surface area (Å²) >= 11 is 1.93. The van der Waals surface area contributed by atoms with Gasteiger partial charge in [0, 0.05) is 25.9 Å². The Balaban J connectivity index is 2.09. The lowest BCUT2D eigenvalue weighted by atomic mass is 10.1. The van der Waals surface area contributed by atoms with Crippen molar-refractivity contribution in [3.8, 4) is 0 Å². The lowest BCUT2D eigenvalue weighted by Crippen LogP contribution is -2.42. The highest BCUT2D eigenvalue weighted by Gasteiger charge is 2.21. The Hall–Kier alpha value is -1.25. The van der Waals surface area contributed by atoms with Crippen LogP contribution in [0.3, 0.4) is 0 Å². The summed E-state index contributed by atoms with van der Waals surface area (Å²) in [5.74, 6) is 0.0452. The second-order valence-electron chi connectivity index (χ2n) is 4.50. The first-order valence-corrected chi connectivity index (χ1v) is 7.08. The van der Waals surface area contributed by atoms with Gasteiger partial charge in [0.25, 0.3) is 5.56 Å². The van der Waals surface area contributed by atoms with Crippen molar-refractivity contribution < 1.29 is 9.59 Å². The molecule has 1 fully saturated rings. The predicted molar refractivity (Wildman–Crippen MR) is 76.8 cm³/mol. The van der Waals surface area contributed by atoms with Crippen molar-refractivity contribution in [2.45, 2.75) is 26.3 Å². The highest BCUT2D eigenvalue weighted by Crippen LogP contribution is 2.07. The molecule has 0 bridgehead atoms. The van der Waals surface area contributed by atoms with Crippen LogP contribution in [-0.4, -0.2) is 39.2 Å². The van der Waals surface area contributed by atoms with Crippen molar-refractivity contribution in [3.63, 3.8) is 0 Å². The molecule has 1 aromatic heterocycles. The molecule has 0 aromatic carbocycles. The van der Waals surface area contributed by atoms with Gasteiger partial charge in [-0.05, 0) is 29.5 Å². The summed E-state index contributed by atoms with van der Waals surface area (Å²) in [5.41, 5.74) is 0.465. The molecule has 7 heteroatoms. The Morgan fingerprint density at radius 1 is 1.37 bits per heavy atom. The molecule has 19 heavy (non-hydrogen) atoms. The Bertz CT molecular complexity index is 572. The first-order valence-electron chi connectivity index (χ1n) is 6.00. The van der Waals surface area contributed by atoms with Gasteiger partial charge in [-0.25, -0.2) is 4.98 Å². The molecule has 2 heterocycles. The van der Waals surface area contributed by atoms with Crippen LogP contribution in [0.1, 0.15) is 18.5 Å². The van der Waals surface area contributed by atoms with Gasteiger partial charge in [-0.15, -0.1) is 0 Å². The summed E-state index contributed by atoms with van der Waals surface area (Å²) in [6, 6.07) is 0. The molecule has 0 aliphatic carbocycles. The highest BCUT2D eigenvalue weighted by molar-refractivity contribution is 14.1. The summed E-state index contributed by atoms with van der Waals surface area (Å²) in [5, 5.41) is 0. The zero-order chi connectivity index (χ0) is 14.0. The molecule has 2 rings (SSSR count). The summed E-state index contributed by atoms with van der Waals surface area (Å²) in [4.78, 5) is 40.8. The molecule has 1 amide bonds. The van der Waals surface area contributed by atoms with E-state index in [0.29, 0.717) is 35.2 Å². The minimum absolute atomic E-state index is 0.0176. The third-order valence-electron chi connectivity index (χ3n) is 3.14. The van der Waals surface area contributed by atoms with Crippen LogP contribution in [0.15, 0.2) is 11.1 Å². The Morgan fingerprint density at radius 3 is 2.63 bits per heavy atom. The zero-order valence-electron chi connectivity index (χ0n) is 10.6. The maximum absolute atomic E-state index is 12.0. The van der Waals surface area contributed by atoms with E-state index < -0.39 is 0 Å². The number of aromatic nitrogens is 2. The second kappa shape index (κ2) is 5.81. The Labute approximate surface area is 124 Å². The number of piperidine rings is 1. The quantitative estimate of drug-likeness (QED) is 0.700. The highest BCUT2D eigenvalue weighted by atomic mass is 127. The summed E-state index contributed by atoms with van der Waals surface area (Å²) in [6.07, 6.45) is 2.21. The number of hydrogen-bond donors (Lipinski definition) is 0. The van der Waals surface area contributed by atoms with Crippen molar-refractivity contribution in [2.24, 2.45) is 0 Å². The molecule has 0 radical (unpaired) electrons. The van der Waals surface area contributed by atoms with E-state index in [0.717, 1.165) is 0 Å². The third kappa shape index (κ3) is 3.20. The maximum atomic E-state index is 12.0. The lowest BCUT2D eigenvalue weighted by molar-refractivity contribution is -0.135. The molecule has 0 N–H and O–H groups in total. The maximum Gasteiger partial charge on any atom is 0.267 e. The van der Waals surface area contributed by atoms with Gasteiger partial charge in [-0.1, -0.05) is 0 Å². The van der Waals surface area contributed by atoms with E-state index in [1.807, 2.05) is 22.6 Å². The zero-order valence-corrected chi connectivity index (χ0v) is 12.7. The van der Waals surface area contributed by atoms with E-state index in [1.54, 1.807) is 11.8 Å². The van der Waals surface area contributed by atoms with Crippen LogP contribution < -0.4 is 5.56 Å². The first-order chi connectivity index (χ1) is 8.99. The average molecular weight is 375 g/mol. The topological polar surface area (TPSA) is 72.3 Å². The van der Waals surface area contributed by atoms with E-state index in [4.69, 9.17) is 0 Å². The Morgan fingerprint density at radius 2 is 2.00 bits per heavy atom. The van der Waals surface area contributed by atoms with E-state index in [2.05, 4.69) is 4.98 Å². The van der Waals surface area contributed by atoms with E-state index >= 15 is 0 Å². The number of rotatable bonds is 2. The van der Waals surface area contributed by atoms with Crippen molar-refractivity contribution in [1.29, 1.82) is 0 Å². The molecular weight excluding hydrogens is 361 g/mol. The lowest BCUT2D eigenvalue weighted by Gasteiger charge is -2.26. The molecule has 0 saturated carbocycles. The van der Waals surface area contributed by atoms with Gasteiger partial charge in [-0.3, -0.25) is 19.0 Å². The summed E-state index contributed by atoms with van der Waals surface area (Å²) in [7, 11) is 0. The van der Waals surface area contributed by atoms with Crippen LogP contribution >= 0.6 is 22.6 Å². The predicted octanol–water partition coefficient (Wildman–Crippen LogP) is 0.348.